The fourth-order valence-corrected chi connectivity index (χ4v) is 0.107. The standard InChI is InChI=1S/C3H8NO2/c1-3(4)6-2-5/h3H,2,4H2,1H3/q-1/t3-/m1/s1. The average molecular weight is 90.1 g/mol. The molecule has 0 saturated carbocycles. The third kappa shape index (κ3) is 3.88. The number of hydrogen-bond acceptors (Lipinski definition) is 3. The molecule has 2 N–H and O–H groups in total. The molecule has 38 valence electrons. The molecular weight excluding hydrogens is 82.0 g/mol. The lowest BCUT2D eigenvalue weighted by molar-refractivity contribution is -0.436. The van der Waals surface area contributed by atoms with Gasteiger partial charge in [0, 0.05) is 0 Å². The number of ether oxygens (including phenoxy) is 1. The molecule has 0 aliphatic carbocycles. The van der Waals surface area contributed by atoms with E-state index in [0.29, 0.717) is 0 Å². The topological polar surface area (TPSA) is 58.3 Å². The molecule has 0 heterocycles. The van der Waals surface area contributed by atoms with Crippen molar-refractivity contribution in [2.75, 3.05) is 6.79 Å². The highest BCUT2D eigenvalue weighted by Gasteiger charge is 1.80. The van der Waals surface area contributed by atoms with Crippen molar-refractivity contribution in [2.24, 2.45) is 5.73 Å². The van der Waals surface area contributed by atoms with E-state index in [1.807, 2.05) is 0 Å². The largest absolute Gasteiger partial charge is 0.834 e. The minimum Gasteiger partial charge on any atom is -0.834 e. The van der Waals surface area contributed by atoms with Crippen LogP contribution in [0.3, 0.4) is 0 Å². The molecule has 0 amide bonds. The Bertz CT molecular complexity index is 30.0. The van der Waals surface area contributed by atoms with Gasteiger partial charge in [-0.15, -0.1) is 0 Å². The average Bonchev–Trinajstić information content (AvgIpc) is 1.35. The van der Waals surface area contributed by atoms with Crippen LogP contribution in [0, 0.1) is 0 Å². The van der Waals surface area contributed by atoms with Crippen molar-refractivity contribution in [3.05, 3.63) is 0 Å². The van der Waals surface area contributed by atoms with Crippen LogP contribution in [-0.2, 0) is 4.74 Å². The Morgan fingerprint density at radius 2 is 2.50 bits per heavy atom. The molecule has 0 bridgehead atoms. The van der Waals surface area contributed by atoms with E-state index in [2.05, 4.69) is 4.74 Å². The second-order valence-electron chi connectivity index (χ2n) is 0.990. The van der Waals surface area contributed by atoms with Crippen LogP contribution < -0.4 is 10.8 Å². The maximum absolute atomic E-state index is 9.44. The van der Waals surface area contributed by atoms with Gasteiger partial charge in [-0.3, -0.25) is 0 Å². The molecule has 6 heavy (non-hydrogen) atoms. The number of rotatable bonds is 2. The summed E-state index contributed by atoms with van der Waals surface area (Å²) in [5.41, 5.74) is 4.98. The lowest BCUT2D eigenvalue weighted by atomic mass is 10.7. The molecule has 0 rings (SSSR count). The summed E-state index contributed by atoms with van der Waals surface area (Å²) in [7, 11) is 0. The highest BCUT2D eigenvalue weighted by atomic mass is 16.6. The predicted molar refractivity (Wildman–Crippen MR) is 19.6 cm³/mol. The van der Waals surface area contributed by atoms with Crippen LogP contribution in [0.1, 0.15) is 6.92 Å². The minimum atomic E-state index is -0.544. The third-order valence-electron chi connectivity index (χ3n) is 0.331. The van der Waals surface area contributed by atoms with E-state index < -0.39 is 13.0 Å². The summed E-state index contributed by atoms with van der Waals surface area (Å²) in [5.74, 6) is 0. The van der Waals surface area contributed by atoms with Gasteiger partial charge in [-0.25, -0.2) is 0 Å². The van der Waals surface area contributed by atoms with E-state index in [0.717, 1.165) is 0 Å². The SMILES string of the molecule is C[C@H](N)OC[O-]. The maximum atomic E-state index is 9.44. The second-order valence-corrected chi connectivity index (χ2v) is 0.990. The van der Waals surface area contributed by atoms with Gasteiger partial charge in [-0.2, -0.15) is 0 Å². The van der Waals surface area contributed by atoms with Crippen molar-refractivity contribution >= 4 is 0 Å². The van der Waals surface area contributed by atoms with E-state index in [1.165, 1.54) is 0 Å². The first-order chi connectivity index (χ1) is 2.77. The lowest BCUT2D eigenvalue weighted by Crippen LogP contribution is -2.24. The number of hydrogen-bond donors (Lipinski definition) is 1. The zero-order valence-corrected chi connectivity index (χ0v) is 3.68. The quantitative estimate of drug-likeness (QED) is 0.425. The zero-order valence-electron chi connectivity index (χ0n) is 3.68. The van der Waals surface area contributed by atoms with Crippen molar-refractivity contribution in [3.63, 3.8) is 0 Å². The van der Waals surface area contributed by atoms with Crippen molar-refractivity contribution in [3.8, 4) is 0 Å². The van der Waals surface area contributed by atoms with Crippen LogP contribution in [0.15, 0.2) is 0 Å². The summed E-state index contributed by atoms with van der Waals surface area (Å²) >= 11 is 0. The summed E-state index contributed by atoms with van der Waals surface area (Å²) in [6.45, 7) is 1.07. The van der Waals surface area contributed by atoms with Gasteiger partial charge in [0.25, 0.3) is 0 Å². The summed E-state index contributed by atoms with van der Waals surface area (Å²) in [6.07, 6.45) is -0.414. The zero-order chi connectivity index (χ0) is 4.99. The summed E-state index contributed by atoms with van der Waals surface area (Å²) in [4.78, 5) is 0. The first-order valence-electron chi connectivity index (χ1n) is 1.72. The van der Waals surface area contributed by atoms with Crippen LogP contribution in [0.25, 0.3) is 0 Å². The summed E-state index contributed by atoms with van der Waals surface area (Å²) in [6, 6.07) is 0. The fourth-order valence-electron chi connectivity index (χ4n) is 0.107. The Morgan fingerprint density at radius 1 is 2.00 bits per heavy atom. The lowest BCUT2D eigenvalue weighted by Gasteiger charge is -2.07. The Morgan fingerprint density at radius 3 is 2.50 bits per heavy atom. The van der Waals surface area contributed by atoms with Crippen LogP contribution in [-0.4, -0.2) is 13.0 Å². The molecule has 0 unspecified atom stereocenters. The highest BCUT2D eigenvalue weighted by Crippen LogP contribution is 1.70. The first kappa shape index (κ1) is 5.88. The van der Waals surface area contributed by atoms with Crippen molar-refractivity contribution in [2.45, 2.75) is 13.2 Å². The molecule has 0 saturated heterocycles. The van der Waals surface area contributed by atoms with Crippen LogP contribution >= 0.6 is 0 Å². The van der Waals surface area contributed by atoms with Crippen LogP contribution in [0.4, 0.5) is 0 Å². The highest BCUT2D eigenvalue weighted by molar-refractivity contribution is 4.24. The van der Waals surface area contributed by atoms with Crippen LogP contribution in [0.5, 0.6) is 0 Å². The first-order valence-corrected chi connectivity index (χ1v) is 1.72. The fraction of sp³-hybridized carbons (Fsp3) is 1.00. The molecule has 0 aromatic rings. The summed E-state index contributed by atoms with van der Waals surface area (Å²) in [5, 5.41) is 9.44. The van der Waals surface area contributed by atoms with Gasteiger partial charge in [0.1, 0.15) is 6.23 Å². The van der Waals surface area contributed by atoms with Crippen molar-refractivity contribution in [1.29, 1.82) is 0 Å². The molecule has 0 fully saturated rings. The third-order valence-corrected chi connectivity index (χ3v) is 0.331. The van der Waals surface area contributed by atoms with Gasteiger partial charge in [-0.1, -0.05) is 0 Å². The van der Waals surface area contributed by atoms with Gasteiger partial charge in [-0.05, 0) is 13.7 Å². The maximum Gasteiger partial charge on any atom is 0.100 e. The van der Waals surface area contributed by atoms with Crippen molar-refractivity contribution < 1.29 is 9.84 Å². The Labute approximate surface area is 36.7 Å². The van der Waals surface area contributed by atoms with E-state index in [1.54, 1.807) is 6.92 Å². The normalized spacial score (nSPS) is 14.5. The van der Waals surface area contributed by atoms with Gasteiger partial charge >= 0.3 is 0 Å². The smallest absolute Gasteiger partial charge is 0.100 e. The molecule has 1 atom stereocenters. The monoisotopic (exact) mass is 90.1 g/mol. The van der Waals surface area contributed by atoms with Gasteiger partial charge in [0.05, 0.1) is 0 Å². The van der Waals surface area contributed by atoms with Gasteiger partial charge in [0.2, 0.25) is 0 Å². The molecule has 0 radical (unpaired) electrons. The molecular formula is C3H8NO2-. The van der Waals surface area contributed by atoms with Gasteiger partial charge in [0.15, 0.2) is 0 Å². The van der Waals surface area contributed by atoms with E-state index in [4.69, 9.17) is 5.73 Å². The molecule has 0 aromatic carbocycles. The van der Waals surface area contributed by atoms with E-state index in [-0.39, 0.29) is 0 Å². The molecule has 3 heteroatoms. The molecule has 0 aliphatic rings. The molecule has 3 nitrogen and oxygen atoms in total. The summed E-state index contributed by atoms with van der Waals surface area (Å²) < 4.78 is 4.26. The van der Waals surface area contributed by atoms with E-state index in [9.17, 15) is 5.11 Å². The Kier molecular flexibility index (Phi) is 3.02. The number of nitrogens with two attached hydrogens (primary N) is 1. The molecule has 0 aromatic heterocycles. The molecule has 0 spiro atoms. The second kappa shape index (κ2) is 3.08. The molecule has 0 aliphatic heterocycles. The van der Waals surface area contributed by atoms with Crippen molar-refractivity contribution in [1.82, 2.24) is 0 Å². The van der Waals surface area contributed by atoms with E-state index >= 15 is 0 Å². The Hall–Kier alpha value is -0.120. The Balaban J connectivity index is 2.63. The van der Waals surface area contributed by atoms with Gasteiger partial charge < -0.3 is 15.6 Å². The van der Waals surface area contributed by atoms with Crippen LogP contribution in [0.2, 0.25) is 0 Å². The minimum absolute atomic E-state index is 0.414. The predicted octanol–water partition coefficient (Wildman–Crippen LogP) is -1.37.